The predicted molar refractivity (Wildman–Crippen MR) is 104 cm³/mol. The number of pyridine rings is 1. The topological polar surface area (TPSA) is 43.8 Å². The summed E-state index contributed by atoms with van der Waals surface area (Å²) in [5.41, 5.74) is 2.25. The van der Waals surface area contributed by atoms with Crippen LogP contribution in [0.3, 0.4) is 0 Å². The summed E-state index contributed by atoms with van der Waals surface area (Å²) in [4.78, 5) is 6.75. The van der Waals surface area contributed by atoms with Gasteiger partial charge in [-0.3, -0.25) is 9.88 Å². The third-order valence-electron chi connectivity index (χ3n) is 5.76. The van der Waals surface area contributed by atoms with Crippen LogP contribution in [0.5, 0.6) is 5.75 Å². The Morgan fingerprint density at radius 2 is 2.04 bits per heavy atom. The van der Waals surface area contributed by atoms with Crippen LogP contribution in [0.25, 0.3) is 0 Å². The molecule has 5 nitrogen and oxygen atoms in total. The van der Waals surface area contributed by atoms with Gasteiger partial charge in [-0.25, -0.2) is 0 Å². The first-order chi connectivity index (χ1) is 13.3. The van der Waals surface area contributed by atoms with Gasteiger partial charge in [-0.05, 0) is 37.0 Å². The molecule has 144 valence electrons. The Balaban J connectivity index is 1.24. The van der Waals surface area contributed by atoms with Gasteiger partial charge in [-0.15, -0.1) is 0 Å². The minimum absolute atomic E-state index is 0.0242. The molecule has 5 heteroatoms. The zero-order valence-electron chi connectivity index (χ0n) is 16.0. The smallest absolute Gasteiger partial charge is 0.123 e. The Hall–Kier alpha value is -1.95. The summed E-state index contributed by atoms with van der Waals surface area (Å²) in [6.07, 6.45) is 3.99. The fraction of sp³-hybridized carbons (Fsp3) is 0.500. The van der Waals surface area contributed by atoms with E-state index in [1.54, 1.807) is 7.11 Å². The van der Waals surface area contributed by atoms with Gasteiger partial charge in [0.25, 0.3) is 0 Å². The van der Waals surface area contributed by atoms with E-state index in [1.807, 2.05) is 36.5 Å². The number of methoxy groups -OCH3 is 1. The molecule has 4 rings (SSSR count). The Morgan fingerprint density at radius 3 is 2.85 bits per heavy atom. The zero-order valence-corrected chi connectivity index (χ0v) is 16.0. The molecular weight excluding hydrogens is 340 g/mol. The SMILES string of the molecule is COc1ccccc1CN1CC2(C1)OCCC2CCOCc1ccccn1. The highest BCUT2D eigenvalue weighted by Crippen LogP contribution is 2.42. The van der Waals surface area contributed by atoms with Gasteiger partial charge in [0, 0.05) is 44.6 Å². The molecule has 1 aromatic heterocycles. The molecule has 2 aliphatic rings. The number of aromatic nitrogens is 1. The maximum Gasteiger partial charge on any atom is 0.123 e. The van der Waals surface area contributed by atoms with E-state index >= 15 is 0 Å². The number of para-hydroxylation sites is 1. The van der Waals surface area contributed by atoms with Crippen LogP contribution in [0.1, 0.15) is 24.1 Å². The van der Waals surface area contributed by atoms with Crippen molar-refractivity contribution in [3.05, 3.63) is 59.9 Å². The molecule has 2 aliphatic heterocycles. The number of hydrogen-bond donors (Lipinski definition) is 0. The summed E-state index contributed by atoms with van der Waals surface area (Å²) >= 11 is 0. The maximum absolute atomic E-state index is 6.19. The van der Waals surface area contributed by atoms with Crippen molar-refractivity contribution in [1.29, 1.82) is 0 Å². The van der Waals surface area contributed by atoms with Crippen molar-refractivity contribution < 1.29 is 14.2 Å². The van der Waals surface area contributed by atoms with Gasteiger partial charge in [0.1, 0.15) is 5.75 Å². The molecule has 2 saturated heterocycles. The van der Waals surface area contributed by atoms with E-state index in [0.29, 0.717) is 12.5 Å². The van der Waals surface area contributed by atoms with E-state index in [4.69, 9.17) is 14.2 Å². The van der Waals surface area contributed by atoms with Gasteiger partial charge < -0.3 is 14.2 Å². The van der Waals surface area contributed by atoms with Gasteiger partial charge in [-0.1, -0.05) is 24.3 Å². The quantitative estimate of drug-likeness (QED) is 0.669. The van der Waals surface area contributed by atoms with Gasteiger partial charge in [0.05, 0.1) is 25.0 Å². The van der Waals surface area contributed by atoms with Crippen LogP contribution in [0, 0.1) is 5.92 Å². The standard InChI is InChI=1S/C22H28N2O3/c1-25-21-8-3-2-6-18(21)14-24-16-22(17-24)19(10-13-27-22)9-12-26-15-20-7-4-5-11-23-20/h2-8,11,19H,9-10,12-17H2,1H3. The highest BCUT2D eigenvalue weighted by Gasteiger charge is 2.52. The summed E-state index contributed by atoms with van der Waals surface area (Å²) < 4.78 is 17.5. The van der Waals surface area contributed by atoms with Crippen molar-refractivity contribution in [3.63, 3.8) is 0 Å². The Labute approximate surface area is 161 Å². The van der Waals surface area contributed by atoms with Crippen molar-refractivity contribution in [3.8, 4) is 5.75 Å². The molecule has 0 radical (unpaired) electrons. The van der Waals surface area contributed by atoms with Crippen LogP contribution in [0.2, 0.25) is 0 Å². The predicted octanol–water partition coefficient (Wildman–Crippen LogP) is 3.29. The molecule has 0 N–H and O–H groups in total. The molecule has 0 aliphatic carbocycles. The molecule has 0 saturated carbocycles. The highest BCUT2D eigenvalue weighted by molar-refractivity contribution is 5.33. The average Bonchev–Trinajstić information content (AvgIpc) is 3.10. The molecule has 0 bridgehead atoms. The first-order valence-corrected chi connectivity index (χ1v) is 9.75. The number of likely N-dealkylation sites (tertiary alicyclic amines) is 1. The molecule has 2 aromatic rings. The lowest BCUT2D eigenvalue weighted by atomic mass is 9.79. The Bertz CT molecular complexity index is 731. The van der Waals surface area contributed by atoms with E-state index in [0.717, 1.165) is 57.1 Å². The molecular formula is C22H28N2O3. The van der Waals surface area contributed by atoms with Gasteiger partial charge in [0.15, 0.2) is 0 Å². The number of rotatable bonds is 8. The van der Waals surface area contributed by atoms with Gasteiger partial charge in [0.2, 0.25) is 0 Å². The van der Waals surface area contributed by atoms with Crippen molar-refractivity contribution in [2.24, 2.45) is 5.92 Å². The second-order valence-electron chi connectivity index (χ2n) is 7.52. The molecule has 3 heterocycles. The number of ether oxygens (including phenoxy) is 3. The number of benzene rings is 1. The molecule has 1 atom stereocenters. The molecule has 0 amide bonds. The van der Waals surface area contributed by atoms with E-state index in [1.165, 1.54) is 5.56 Å². The number of nitrogens with zero attached hydrogens (tertiary/aromatic N) is 2. The monoisotopic (exact) mass is 368 g/mol. The van der Waals surface area contributed by atoms with Crippen LogP contribution in [-0.4, -0.2) is 48.9 Å². The fourth-order valence-electron chi connectivity index (χ4n) is 4.33. The largest absolute Gasteiger partial charge is 0.496 e. The van der Waals surface area contributed by atoms with Crippen LogP contribution in [0.4, 0.5) is 0 Å². The Kier molecular flexibility index (Phi) is 5.72. The Morgan fingerprint density at radius 1 is 1.19 bits per heavy atom. The summed E-state index contributed by atoms with van der Waals surface area (Å²) in [5.74, 6) is 1.54. The zero-order chi connectivity index (χ0) is 18.5. The highest BCUT2D eigenvalue weighted by atomic mass is 16.5. The van der Waals surface area contributed by atoms with E-state index < -0.39 is 0 Å². The van der Waals surface area contributed by atoms with Crippen molar-refractivity contribution in [2.75, 3.05) is 33.4 Å². The van der Waals surface area contributed by atoms with Gasteiger partial charge >= 0.3 is 0 Å². The third kappa shape index (κ3) is 4.15. The van der Waals surface area contributed by atoms with Crippen LogP contribution in [0.15, 0.2) is 48.7 Å². The molecule has 1 spiro atoms. The molecule has 27 heavy (non-hydrogen) atoms. The summed E-state index contributed by atoms with van der Waals surface area (Å²) in [6, 6.07) is 14.2. The first kappa shape index (κ1) is 18.4. The maximum atomic E-state index is 6.19. The van der Waals surface area contributed by atoms with Crippen molar-refractivity contribution in [1.82, 2.24) is 9.88 Å². The first-order valence-electron chi connectivity index (χ1n) is 9.75. The molecule has 2 fully saturated rings. The number of hydrogen-bond acceptors (Lipinski definition) is 5. The molecule has 1 aromatic carbocycles. The normalized spacial score (nSPS) is 21.3. The van der Waals surface area contributed by atoms with Gasteiger partial charge in [-0.2, -0.15) is 0 Å². The van der Waals surface area contributed by atoms with Crippen LogP contribution < -0.4 is 4.74 Å². The second kappa shape index (κ2) is 8.38. The lowest BCUT2D eigenvalue weighted by Gasteiger charge is -2.50. The summed E-state index contributed by atoms with van der Waals surface area (Å²) in [6.45, 7) is 5.12. The van der Waals surface area contributed by atoms with Crippen LogP contribution in [-0.2, 0) is 22.6 Å². The second-order valence-corrected chi connectivity index (χ2v) is 7.52. The minimum atomic E-state index is 0.0242. The fourth-order valence-corrected chi connectivity index (χ4v) is 4.33. The average molecular weight is 368 g/mol. The van der Waals surface area contributed by atoms with Crippen LogP contribution >= 0.6 is 0 Å². The van der Waals surface area contributed by atoms with Crippen molar-refractivity contribution in [2.45, 2.75) is 31.6 Å². The summed E-state index contributed by atoms with van der Waals surface area (Å²) in [5, 5.41) is 0. The lowest BCUT2D eigenvalue weighted by Crippen LogP contribution is -2.64. The third-order valence-corrected chi connectivity index (χ3v) is 5.76. The van der Waals surface area contributed by atoms with Crippen molar-refractivity contribution >= 4 is 0 Å². The summed E-state index contributed by atoms with van der Waals surface area (Å²) in [7, 11) is 1.73. The van der Waals surface area contributed by atoms with E-state index in [2.05, 4.69) is 22.0 Å². The lowest BCUT2D eigenvalue weighted by molar-refractivity contribution is -0.139. The van der Waals surface area contributed by atoms with E-state index in [-0.39, 0.29) is 5.60 Å². The molecule has 1 unspecified atom stereocenters. The minimum Gasteiger partial charge on any atom is -0.496 e. The van der Waals surface area contributed by atoms with E-state index in [9.17, 15) is 0 Å².